The molecule has 0 aliphatic carbocycles. The zero-order valence-electron chi connectivity index (χ0n) is 14.2. The summed E-state index contributed by atoms with van der Waals surface area (Å²) in [6, 6.07) is 1.73. The minimum absolute atomic E-state index is 0.210. The van der Waals surface area contributed by atoms with E-state index in [4.69, 9.17) is 23.2 Å². The number of hydrogen-bond donors (Lipinski definition) is 1. The molecule has 1 N–H and O–H groups in total. The monoisotopic (exact) mass is 372 g/mol. The van der Waals surface area contributed by atoms with Crippen LogP contribution in [-0.4, -0.2) is 78.9 Å². The van der Waals surface area contributed by atoms with E-state index in [9.17, 15) is 5.11 Å². The van der Waals surface area contributed by atoms with Crippen LogP contribution in [0.2, 0.25) is 10.0 Å². The lowest BCUT2D eigenvalue weighted by Crippen LogP contribution is -2.48. The maximum atomic E-state index is 9.80. The van der Waals surface area contributed by atoms with Crippen molar-refractivity contribution in [2.24, 2.45) is 11.8 Å². The van der Waals surface area contributed by atoms with Gasteiger partial charge < -0.3 is 19.8 Å². The number of hydrogen-bond acceptors (Lipinski definition) is 5. The molecule has 0 radical (unpaired) electrons. The van der Waals surface area contributed by atoms with Crippen molar-refractivity contribution in [2.45, 2.75) is 6.92 Å². The Morgan fingerprint density at radius 3 is 2.42 bits per heavy atom. The summed E-state index contributed by atoms with van der Waals surface area (Å²) in [5.41, 5.74) is 0. The molecule has 0 spiro atoms. The zero-order valence-corrected chi connectivity index (χ0v) is 15.7. The van der Waals surface area contributed by atoms with E-state index in [1.54, 1.807) is 12.3 Å². The first-order chi connectivity index (χ1) is 11.6. The lowest BCUT2D eigenvalue weighted by atomic mass is 9.96. The standard InChI is InChI=1S/C17H26Cl2N4O/c1-2-21-3-5-22(6-4-21)9-13-10-23(11-14(13)12-24)17-16(19)7-15(18)8-20-17/h7-8,13-14,24H,2-6,9-12H2,1H3/t13-,14-/m1/s1. The van der Waals surface area contributed by atoms with Crippen LogP contribution in [0.1, 0.15) is 6.92 Å². The fraction of sp³-hybridized carbons (Fsp3) is 0.706. The molecule has 5 nitrogen and oxygen atoms in total. The van der Waals surface area contributed by atoms with Crippen molar-refractivity contribution in [3.8, 4) is 0 Å². The number of aliphatic hydroxyl groups excluding tert-OH is 1. The van der Waals surface area contributed by atoms with Gasteiger partial charge in [0.1, 0.15) is 5.82 Å². The Morgan fingerprint density at radius 2 is 1.79 bits per heavy atom. The Labute approximate surface area is 154 Å². The molecule has 2 saturated heterocycles. The van der Waals surface area contributed by atoms with Gasteiger partial charge in [-0.1, -0.05) is 30.1 Å². The third-order valence-electron chi connectivity index (χ3n) is 5.30. The third kappa shape index (κ3) is 4.14. The van der Waals surface area contributed by atoms with E-state index >= 15 is 0 Å². The molecule has 0 amide bonds. The predicted octanol–water partition coefficient (Wildman–Crippen LogP) is 2.07. The first-order valence-corrected chi connectivity index (χ1v) is 9.47. The van der Waals surface area contributed by atoms with Gasteiger partial charge in [-0.3, -0.25) is 0 Å². The molecule has 0 saturated carbocycles. The van der Waals surface area contributed by atoms with E-state index in [0.29, 0.717) is 16.0 Å². The number of pyridine rings is 1. The van der Waals surface area contributed by atoms with Gasteiger partial charge in [-0.15, -0.1) is 0 Å². The van der Waals surface area contributed by atoms with Gasteiger partial charge >= 0.3 is 0 Å². The topological polar surface area (TPSA) is 42.8 Å². The number of halogens is 2. The molecule has 3 rings (SSSR count). The number of anilines is 1. The van der Waals surface area contributed by atoms with E-state index in [0.717, 1.165) is 58.2 Å². The van der Waals surface area contributed by atoms with Gasteiger partial charge in [0.05, 0.1) is 10.0 Å². The molecule has 0 aromatic carbocycles. The van der Waals surface area contributed by atoms with Gasteiger partial charge in [0.25, 0.3) is 0 Å². The molecule has 2 fully saturated rings. The summed E-state index contributed by atoms with van der Waals surface area (Å²) < 4.78 is 0. The second-order valence-corrected chi connectivity index (χ2v) is 7.65. The minimum Gasteiger partial charge on any atom is -0.396 e. The second kappa shape index (κ2) is 8.19. The van der Waals surface area contributed by atoms with Crippen LogP contribution < -0.4 is 4.90 Å². The van der Waals surface area contributed by atoms with Gasteiger partial charge in [-0.2, -0.15) is 0 Å². The van der Waals surface area contributed by atoms with E-state index < -0.39 is 0 Å². The molecule has 2 aliphatic rings. The number of aromatic nitrogens is 1. The molecule has 2 aliphatic heterocycles. The summed E-state index contributed by atoms with van der Waals surface area (Å²) in [4.78, 5) is 11.6. The Bertz CT molecular complexity index is 551. The average Bonchev–Trinajstić information content (AvgIpc) is 2.98. The minimum atomic E-state index is 0.210. The Hall–Kier alpha value is -0.590. The van der Waals surface area contributed by atoms with Crippen LogP contribution in [0.3, 0.4) is 0 Å². The molecule has 134 valence electrons. The highest BCUT2D eigenvalue weighted by Gasteiger charge is 2.35. The molecule has 1 aromatic rings. The lowest BCUT2D eigenvalue weighted by Gasteiger charge is -2.36. The zero-order chi connectivity index (χ0) is 17.1. The van der Waals surface area contributed by atoms with Gasteiger partial charge in [-0.25, -0.2) is 4.98 Å². The number of piperazine rings is 1. The summed E-state index contributed by atoms with van der Waals surface area (Å²) in [5.74, 6) is 1.48. The van der Waals surface area contributed by atoms with Crippen molar-refractivity contribution in [1.29, 1.82) is 0 Å². The van der Waals surface area contributed by atoms with Gasteiger partial charge in [0, 0.05) is 64.5 Å². The highest BCUT2D eigenvalue weighted by molar-refractivity contribution is 6.36. The second-order valence-electron chi connectivity index (χ2n) is 6.80. The molecular weight excluding hydrogens is 347 g/mol. The van der Waals surface area contributed by atoms with Crippen molar-refractivity contribution in [3.63, 3.8) is 0 Å². The van der Waals surface area contributed by atoms with Crippen molar-refractivity contribution < 1.29 is 5.11 Å². The quantitative estimate of drug-likeness (QED) is 0.856. The number of rotatable bonds is 5. The normalized spacial score (nSPS) is 26.2. The maximum Gasteiger partial charge on any atom is 0.147 e. The van der Waals surface area contributed by atoms with Crippen molar-refractivity contribution in [2.75, 3.05) is 63.9 Å². The third-order valence-corrected chi connectivity index (χ3v) is 5.79. The highest BCUT2D eigenvalue weighted by atomic mass is 35.5. The molecule has 0 unspecified atom stereocenters. The molecule has 24 heavy (non-hydrogen) atoms. The fourth-order valence-electron chi connectivity index (χ4n) is 3.79. The van der Waals surface area contributed by atoms with Crippen molar-refractivity contribution >= 4 is 29.0 Å². The number of aliphatic hydroxyl groups is 1. The predicted molar refractivity (Wildman–Crippen MR) is 99.1 cm³/mol. The van der Waals surface area contributed by atoms with Crippen LogP contribution in [0.4, 0.5) is 5.82 Å². The number of nitrogens with zero attached hydrogens (tertiary/aromatic N) is 4. The smallest absolute Gasteiger partial charge is 0.147 e. The maximum absolute atomic E-state index is 9.80. The van der Waals surface area contributed by atoms with Crippen LogP contribution in [0.5, 0.6) is 0 Å². The van der Waals surface area contributed by atoms with E-state index in [1.165, 1.54) is 0 Å². The van der Waals surface area contributed by atoms with Gasteiger partial charge in [0.2, 0.25) is 0 Å². The molecule has 2 atom stereocenters. The molecular formula is C17H26Cl2N4O. The highest BCUT2D eigenvalue weighted by Crippen LogP contribution is 2.33. The number of likely N-dealkylation sites (N-methyl/N-ethyl adjacent to an activating group) is 1. The Kier molecular flexibility index (Phi) is 6.22. The van der Waals surface area contributed by atoms with Crippen LogP contribution in [0.15, 0.2) is 12.3 Å². The van der Waals surface area contributed by atoms with Crippen molar-refractivity contribution in [3.05, 3.63) is 22.3 Å². The summed E-state index contributed by atoms with van der Waals surface area (Å²) in [6.07, 6.45) is 1.63. The Morgan fingerprint density at radius 1 is 1.12 bits per heavy atom. The summed E-state index contributed by atoms with van der Waals surface area (Å²) >= 11 is 12.2. The fourth-order valence-corrected chi connectivity index (χ4v) is 4.28. The van der Waals surface area contributed by atoms with E-state index in [1.807, 2.05) is 0 Å². The van der Waals surface area contributed by atoms with E-state index in [-0.39, 0.29) is 12.5 Å². The Balaban J connectivity index is 1.62. The van der Waals surface area contributed by atoms with E-state index in [2.05, 4.69) is 26.6 Å². The summed E-state index contributed by atoms with van der Waals surface area (Å²) in [5, 5.41) is 10.9. The van der Waals surface area contributed by atoms with Crippen LogP contribution in [0, 0.1) is 11.8 Å². The lowest BCUT2D eigenvalue weighted by molar-refractivity contribution is 0.106. The average molecular weight is 373 g/mol. The first-order valence-electron chi connectivity index (χ1n) is 8.72. The van der Waals surface area contributed by atoms with Gasteiger partial charge in [-0.05, 0) is 18.5 Å². The largest absolute Gasteiger partial charge is 0.396 e. The summed E-state index contributed by atoms with van der Waals surface area (Å²) in [6.45, 7) is 10.8. The molecule has 0 bridgehead atoms. The van der Waals surface area contributed by atoms with Crippen molar-refractivity contribution in [1.82, 2.24) is 14.8 Å². The summed E-state index contributed by atoms with van der Waals surface area (Å²) in [7, 11) is 0. The first kappa shape index (κ1) is 18.2. The van der Waals surface area contributed by atoms with Gasteiger partial charge in [0.15, 0.2) is 0 Å². The molecule has 7 heteroatoms. The molecule has 3 heterocycles. The molecule has 1 aromatic heterocycles. The van der Waals surface area contributed by atoms with Crippen LogP contribution >= 0.6 is 23.2 Å². The SMILES string of the molecule is CCN1CCN(C[C@@H]2CN(c3ncc(Cl)cc3Cl)C[C@@H]2CO)CC1. The van der Waals surface area contributed by atoms with Crippen LogP contribution in [0.25, 0.3) is 0 Å². The van der Waals surface area contributed by atoms with Crippen LogP contribution in [-0.2, 0) is 0 Å².